The second-order valence-corrected chi connectivity index (χ2v) is 4.24. The van der Waals surface area contributed by atoms with Crippen LogP contribution >= 0.6 is 11.6 Å². The number of alkyl halides is 1. The number of aromatic nitrogens is 2. The Labute approximate surface area is 122 Å². The summed E-state index contributed by atoms with van der Waals surface area (Å²) in [6.45, 7) is 2.47. The Bertz CT molecular complexity index is 590. The highest BCUT2D eigenvalue weighted by atomic mass is 35.5. The van der Waals surface area contributed by atoms with Crippen LogP contribution in [0.25, 0.3) is 0 Å². The van der Waals surface area contributed by atoms with Crippen LogP contribution in [0.15, 0.2) is 36.9 Å². The lowest BCUT2D eigenvalue weighted by molar-refractivity contribution is 0.102. The van der Waals surface area contributed by atoms with Crippen molar-refractivity contribution >= 4 is 23.2 Å². The quantitative estimate of drug-likeness (QED) is 0.860. The smallest absolute Gasteiger partial charge is 0.258 e. The van der Waals surface area contributed by atoms with E-state index in [2.05, 4.69) is 15.3 Å². The molecule has 1 aromatic carbocycles. The number of hydrogen-bond donors (Lipinski definition) is 1. The van der Waals surface area contributed by atoms with Gasteiger partial charge in [-0.15, -0.1) is 11.6 Å². The van der Waals surface area contributed by atoms with Gasteiger partial charge < -0.3 is 10.1 Å². The van der Waals surface area contributed by atoms with Gasteiger partial charge in [-0.2, -0.15) is 0 Å². The molecule has 6 heteroatoms. The fourth-order valence-electron chi connectivity index (χ4n) is 1.68. The molecule has 1 amide bonds. The molecule has 0 aliphatic rings. The van der Waals surface area contributed by atoms with Gasteiger partial charge in [0.05, 0.1) is 18.1 Å². The number of ether oxygens (including phenoxy) is 1. The molecule has 5 nitrogen and oxygen atoms in total. The first kappa shape index (κ1) is 14.3. The average molecular weight is 292 g/mol. The normalized spacial score (nSPS) is 10.1. The van der Waals surface area contributed by atoms with Crippen LogP contribution in [-0.2, 0) is 5.88 Å². The van der Waals surface area contributed by atoms with Gasteiger partial charge in [0.2, 0.25) is 0 Å². The fraction of sp³-hybridized carbons (Fsp3) is 0.214. The highest BCUT2D eigenvalue weighted by molar-refractivity contribution is 6.17. The van der Waals surface area contributed by atoms with Crippen LogP contribution < -0.4 is 10.1 Å². The Balaban J connectivity index is 2.16. The molecular formula is C14H14ClN3O2. The topological polar surface area (TPSA) is 64.1 Å². The minimum atomic E-state index is -0.268. The molecule has 0 fully saturated rings. The second-order valence-electron chi connectivity index (χ2n) is 3.97. The largest absolute Gasteiger partial charge is 0.494 e. The van der Waals surface area contributed by atoms with Crippen molar-refractivity contribution in [3.05, 3.63) is 48.0 Å². The summed E-state index contributed by atoms with van der Waals surface area (Å²) in [5.74, 6) is 0.770. The molecular weight excluding hydrogens is 278 g/mol. The Hall–Kier alpha value is -2.14. The van der Waals surface area contributed by atoms with Gasteiger partial charge in [-0.05, 0) is 25.1 Å². The molecule has 0 atom stereocenters. The summed E-state index contributed by atoms with van der Waals surface area (Å²) in [4.78, 5) is 19.6. The monoisotopic (exact) mass is 291 g/mol. The molecule has 0 saturated carbocycles. The van der Waals surface area contributed by atoms with E-state index in [0.29, 0.717) is 23.7 Å². The Morgan fingerprint density at radius 2 is 2.10 bits per heavy atom. The maximum absolute atomic E-state index is 12.0. The Kier molecular flexibility index (Phi) is 4.90. The molecule has 2 aromatic rings. The molecule has 20 heavy (non-hydrogen) atoms. The average Bonchev–Trinajstić information content (AvgIpc) is 2.50. The lowest BCUT2D eigenvalue weighted by atomic mass is 10.2. The van der Waals surface area contributed by atoms with E-state index in [1.165, 1.54) is 18.7 Å². The number of benzene rings is 1. The van der Waals surface area contributed by atoms with Crippen LogP contribution in [-0.4, -0.2) is 22.5 Å². The summed E-state index contributed by atoms with van der Waals surface area (Å²) in [6, 6.07) is 5.35. The number of nitrogens with one attached hydrogen (secondary N) is 1. The zero-order chi connectivity index (χ0) is 14.4. The second kappa shape index (κ2) is 6.86. The van der Waals surface area contributed by atoms with E-state index in [1.54, 1.807) is 18.2 Å². The first-order chi connectivity index (χ1) is 9.74. The van der Waals surface area contributed by atoms with Gasteiger partial charge in [0.25, 0.3) is 5.91 Å². The van der Waals surface area contributed by atoms with Crippen molar-refractivity contribution < 1.29 is 9.53 Å². The third-order valence-electron chi connectivity index (χ3n) is 2.58. The first-order valence-electron chi connectivity index (χ1n) is 6.12. The SMILES string of the molecule is CCOc1ccc(NC(=O)c2cncnc2)cc1CCl. The Morgan fingerprint density at radius 1 is 1.35 bits per heavy atom. The molecule has 0 bridgehead atoms. The van der Waals surface area contributed by atoms with Gasteiger partial charge in [-0.1, -0.05) is 0 Å². The minimum absolute atomic E-state index is 0.268. The number of hydrogen-bond acceptors (Lipinski definition) is 4. The van der Waals surface area contributed by atoms with Gasteiger partial charge in [0, 0.05) is 23.6 Å². The van der Waals surface area contributed by atoms with Crippen LogP contribution in [0.4, 0.5) is 5.69 Å². The number of nitrogens with zero attached hydrogens (tertiary/aromatic N) is 2. The van der Waals surface area contributed by atoms with E-state index in [9.17, 15) is 4.79 Å². The third kappa shape index (κ3) is 3.45. The van der Waals surface area contributed by atoms with Crippen LogP contribution in [0.1, 0.15) is 22.8 Å². The molecule has 104 valence electrons. The minimum Gasteiger partial charge on any atom is -0.494 e. The van der Waals surface area contributed by atoms with E-state index >= 15 is 0 Å². The van der Waals surface area contributed by atoms with Crippen molar-refractivity contribution in [1.82, 2.24) is 9.97 Å². The molecule has 1 aromatic heterocycles. The molecule has 0 unspecified atom stereocenters. The number of halogens is 1. The predicted octanol–water partition coefficient (Wildman–Crippen LogP) is 2.87. The van der Waals surface area contributed by atoms with Gasteiger partial charge >= 0.3 is 0 Å². The summed E-state index contributed by atoms with van der Waals surface area (Å²) >= 11 is 5.88. The summed E-state index contributed by atoms with van der Waals surface area (Å²) in [5.41, 5.74) is 1.88. The summed E-state index contributed by atoms with van der Waals surface area (Å²) in [5, 5.41) is 2.77. The number of carbonyl (C=O) groups is 1. The maximum atomic E-state index is 12.0. The first-order valence-corrected chi connectivity index (χ1v) is 6.66. The van der Waals surface area contributed by atoms with E-state index in [-0.39, 0.29) is 5.91 Å². The van der Waals surface area contributed by atoms with E-state index in [1.807, 2.05) is 6.92 Å². The van der Waals surface area contributed by atoms with Crippen molar-refractivity contribution in [2.75, 3.05) is 11.9 Å². The van der Waals surface area contributed by atoms with Gasteiger partial charge in [0.15, 0.2) is 0 Å². The van der Waals surface area contributed by atoms with Crippen molar-refractivity contribution in [3.8, 4) is 5.75 Å². The van der Waals surface area contributed by atoms with Gasteiger partial charge in [0.1, 0.15) is 12.1 Å². The summed E-state index contributed by atoms with van der Waals surface area (Å²) in [7, 11) is 0. The summed E-state index contributed by atoms with van der Waals surface area (Å²) in [6.07, 6.45) is 4.29. The van der Waals surface area contributed by atoms with Crippen LogP contribution in [0, 0.1) is 0 Å². The predicted molar refractivity (Wildman–Crippen MR) is 77.2 cm³/mol. The Morgan fingerprint density at radius 3 is 2.75 bits per heavy atom. The third-order valence-corrected chi connectivity index (χ3v) is 2.87. The van der Waals surface area contributed by atoms with E-state index in [4.69, 9.17) is 16.3 Å². The molecule has 1 heterocycles. The molecule has 2 rings (SSSR count). The standard InChI is InChI=1S/C14H14ClN3O2/c1-2-20-13-4-3-12(5-10(13)6-15)18-14(19)11-7-16-9-17-8-11/h3-5,7-9H,2,6H2,1H3,(H,18,19). The van der Waals surface area contributed by atoms with Gasteiger partial charge in [-0.3, -0.25) is 4.79 Å². The lowest BCUT2D eigenvalue weighted by Crippen LogP contribution is -2.12. The highest BCUT2D eigenvalue weighted by Crippen LogP contribution is 2.24. The zero-order valence-corrected chi connectivity index (χ0v) is 11.7. The van der Waals surface area contributed by atoms with Crippen molar-refractivity contribution in [3.63, 3.8) is 0 Å². The highest BCUT2D eigenvalue weighted by Gasteiger charge is 2.09. The molecule has 0 radical (unpaired) electrons. The van der Waals surface area contributed by atoms with Crippen LogP contribution in [0.2, 0.25) is 0 Å². The van der Waals surface area contributed by atoms with Crippen molar-refractivity contribution in [1.29, 1.82) is 0 Å². The molecule has 0 saturated heterocycles. The van der Waals surface area contributed by atoms with Crippen molar-refractivity contribution in [2.24, 2.45) is 0 Å². The van der Waals surface area contributed by atoms with E-state index in [0.717, 1.165) is 11.3 Å². The molecule has 1 N–H and O–H groups in total. The maximum Gasteiger partial charge on any atom is 0.258 e. The van der Waals surface area contributed by atoms with Gasteiger partial charge in [-0.25, -0.2) is 9.97 Å². The molecule has 0 aliphatic carbocycles. The van der Waals surface area contributed by atoms with Crippen LogP contribution in [0.3, 0.4) is 0 Å². The number of rotatable bonds is 5. The lowest BCUT2D eigenvalue weighted by Gasteiger charge is -2.11. The zero-order valence-electron chi connectivity index (χ0n) is 11.0. The van der Waals surface area contributed by atoms with Crippen LogP contribution in [0.5, 0.6) is 5.75 Å². The van der Waals surface area contributed by atoms with Crippen molar-refractivity contribution in [2.45, 2.75) is 12.8 Å². The fourth-order valence-corrected chi connectivity index (χ4v) is 1.89. The number of amides is 1. The van der Waals surface area contributed by atoms with E-state index < -0.39 is 0 Å². The number of anilines is 1. The molecule has 0 aliphatic heterocycles. The molecule has 0 spiro atoms. The summed E-state index contributed by atoms with van der Waals surface area (Å²) < 4.78 is 5.46. The number of carbonyl (C=O) groups excluding carboxylic acids is 1.